The van der Waals surface area contributed by atoms with Crippen molar-refractivity contribution in [2.45, 2.75) is 9.96 Å². The molecule has 0 aliphatic heterocycles. The van der Waals surface area contributed by atoms with Gasteiger partial charge in [0.2, 0.25) is 3.79 Å². The van der Waals surface area contributed by atoms with Crippen molar-refractivity contribution >= 4 is 52.1 Å². The molecule has 0 bridgehead atoms. The first kappa shape index (κ1) is 20.1. The summed E-state index contributed by atoms with van der Waals surface area (Å²) in [6.45, 7) is 0. The number of para-hydroxylation sites is 2. The van der Waals surface area contributed by atoms with Crippen LogP contribution in [0.4, 0.5) is 11.4 Å². The highest BCUT2D eigenvalue weighted by Crippen LogP contribution is 2.33. The van der Waals surface area contributed by atoms with Crippen LogP contribution in [-0.4, -0.2) is 27.9 Å². The maximum atomic E-state index is 12.4. The maximum Gasteiger partial charge on any atom is 0.270 e. The first-order valence-corrected chi connectivity index (χ1v) is 8.37. The number of nitro groups is 1. The number of nitrogens with zero attached hydrogens (tertiary/aromatic N) is 1. The van der Waals surface area contributed by atoms with E-state index in [-0.39, 0.29) is 11.3 Å². The van der Waals surface area contributed by atoms with E-state index in [1.807, 2.05) is 0 Å². The van der Waals surface area contributed by atoms with Crippen LogP contribution in [0.2, 0.25) is 0 Å². The highest BCUT2D eigenvalue weighted by atomic mass is 35.6. The minimum atomic E-state index is -1.91. The molecule has 0 heterocycles. The van der Waals surface area contributed by atoms with Gasteiger partial charge in [0.1, 0.15) is 11.9 Å². The van der Waals surface area contributed by atoms with Gasteiger partial charge in [-0.25, -0.2) is 0 Å². The fourth-order valence-corrected chi connectivity index (χ4v) is 2.42. The zero-order chi connectivity index (χ0) is 19.3. The van der Waals surface area contributed by atoms with Gasteiger partial charge in [0.15, 0.2) is 0 Å². The first-order chi connectivity index (χ1) is 12.2. The molecule has 1 amide bonds. The predicted octanol–water partition coefficient (Wildman–Crippen LogP) is 4.14. The number of hydrogen-bond donors (Lipinski definition) is 2. The summed E-state index contributed by atoms with van der Waals surface area (Å²) in [7, 11) is 1.48. The van der Waals surface area contributed by atoms with E-state index in [1.54, 1.807) is 24.3 Å². The van der Waals surface area contributed by atoms with E-state index in [2.05, 4.69) is 10.6 Å². The average Bonchev–Trinajstić information content (AvgIpc) is 2.60. The SMILES string of the molecule is COc1ccccc1N[C@@H](NC(=O)c1cccc([N+](=O)[O-])c1)C(Cl)(Cl)Cl. The van der Waals surface area contributed by atoms with Crippen LogP contribution < -0.4 is 15.4 Å². The minimum absolute atomic E-state index is 0.0558. The smallest absolute Gasteiger partial charge is 0.270 e. The molecule has 0 aliphatic rings. The summed E-state index contributed by atoms with van der Waals surface area (Å²) in [5, 5.41) is 16.3. The molecular weight excluding hydrogens is 405 g/mol. The summed E-state index contributed by atoms with van der Waals surface area (Å²) in [6.07, 6.45) is -1.13. The molecule has 26 heavy (non-hydrogen) atoms. The van der Waals surface area contributed by atoms with Gasteiger partial charge in [-0.1, -0.05) is 53.0 Å². The lowest BCUT2D eigenvalue weighted by Gasteiger charge is -2.28. The number of methoxy groups -OCH3 is 1. The second-order valence-electron chi connectivity index (χ2n) is 5.10. The van der Waals surface area contributed by atoms with Crippen LogP contribution in [0.15, 0.2) is 48.5 Å². The number of non-ortho nitro benzene ring substituents is 1. The third-order valence-electron chi connectivity index (χ3n) is 3.33. The predicted molar refractivity (Wildman–Crippen MR) is 101 cm³/mol. The third-order valence-corrected chi connectivity index (χ3v) is 3.98. The molecule has 2 aromatic rings. The Labute approximate surface area is 164 Å². The zero-order valence-corrected chi connectivity index (χ0v) is 15.7. The fraction of sp³-hybridized carbons (Fsp3) is 0.188. The maximum absolute atomic E-state index is 12.4. The highest BCUT2D eigenvalue weighted by Gasteiger charge is 2.35. The molecule has 138 valence electrons. The Morgan fingerprint density at radius 3 is 2.50 bits per heavy atom. The Balaban J connectivity index is 2.24. The molecule has 0 fully saturated rings. The molecule has 1 atom stereocenters. The topological polar surface area (TPSA) is 93.5 Å². The molecular formula is C16H14Cl3N3O4. The molecule has 2 aromatic carbocycles. The zero-order valence-electron chi connectivity index (χ0n) is 13.4. The molecule has 2 rings (SSSR count). The lowest BCUT2D eigenvalue weighted by molar-refractivity contribution is -0.384. The van der Waals surface area contributed by atoms with E-state index < -0.39 is 20.8 Å². The molecule has 0 saturated carbocycles. The molecule has 10 heteroatoms. The number of nitrogens with one attached hydrogen (secondary N) is 2. The number of rotatable bonds is 6. The van der Waals surface area contributed by atoms with E-state index >= 15 is 0 Å². The summed E-state index contributed by atoms with van der Waals surface area (Å²) in [4.78, 5) is 22.7. The normalized spacial score (nSPS) is 12.2. The van der Waals surface area contributed by atoms with E-state index in [1.165, 1.54) is 25.3 Å². The Morgan fingerprint density at radius 2 is 1.88 bits per heavy atom. The average molecular weight is 419 g/mol. The van der Waals surface area contributed by atoms with Crippen molar-refractivity contribution in [3.8, 4) is 5.75 Å². The van der Waals surface area contributed by atoms with Crippen LogP contribution >= 0.6 is 34.8 Å². The van der Waals surface area contributed by atoms with Crippen molar-refractivity contribution in [2.24, 2.45) is 0 Å². The molecule has 0 aromatic heterocycles. The third kappa shape index (κ3) is 5.14. The number of benzene rings is 2. The number of anilines is 1. The van der Waals surface area contributed by atoms with Crippen LogP contribution in [-0.2, 0) is 0 Å². The van der Waals surface area contributed by atoms with Crippen LogP contribution in [0.3, 0.4) is 0 Å². The van der Waals surface area contributed by atoms with Crippen molar-refractivity contribution in [2.75, 3.05) is 12.4 Å². The Bertz CT molecular complexity index is 811. The summed E-state index contributed by atoms with van der Waals surface area (Å²) < 4.78 is 3.31. The van der Waals surface area contributed by atoms with Crippen LogP contribution in [0.5, 0.6) is 5.75 Å². The molecule has 0 unspecified atom stereocenters. The number of nitro benzene ring substituents is 1. The van der Waals surface area contributed by atoms with E-state index in [9.17, 15) is 14.9 Å². The number of carbonyl (C=O) groups is 1. The summed E-state index contributed by atoms with van der Waals surface area (Å²) in [5.41, 5.74) is 0.326. The van der Waals surface area contributed by atoms with Crippen molar-refractivity contribution < 1.29 is 14.5 Å². The van der Waals surface area contributed by atoms with Crippen LogP contribution in [0.25, 0.3) is 0 Å². The van der Waals surface area contributed by atoms with Gasteiger partial charge in [-0.15, -0.1) is 0 Å². The van der Waals surface area contributed by atoms with Crippen LogP contribution in [0, 0.1) is 10.1 Å². The number of ether oxygens (including phenoxy) is 1. The largest absolute Gasteiger partial charge is 0.495 e. The molecule has 2 N–H and O–H groups in total. The van der Waals surface area contributed by atoms with Gasteiger partial charge in [0.25, 0.3) is 11.6 Å². The molecule has 7 nitrogen and oxygen atoms in total. The van der Waals surface area contributed by atoms with Gasteiger partial charge in [-0.05, 0) is 18.2 Å². The quantitative estimate of drug-likeness (QED) is 0.318. The Morgan fingerprint density at radius 1 is 1.19 bits per heavy atom. The molecule has 0 aliphatic carbocycles. The number of alkyl halides is 3. The summed E-state index contributed by atoms with van der Waals surface area (Å²) in [5.74, 6) is -0.163. The fourth-order valence-electron chi connectivity index (χ4n) is 2.09. The van der Waals surface area contributed by atoms with Crippen molar-refractivity contribution in [3.63, 3.8) is 0 Å². The molecule has 0 radical (unpaired) electrons. The Hall–Kier alpha value is -2.22. The Kier molecular flexibility index (Phi) is 6.52. The summed E-state index contributed by atoms with van der Waals surface area (Å²) in [6, 6.07) is 12.1. The highest BCUT2D eigenvalue weighted by molar-refractivity contribution is 6.68. The van der Waals surface area contributed by atoms with Crippen molar-refractivity contribution in [3.05, 3.63) is 64.2 Å². The van der Waals surface area contributed by atoms with Crippen molar-refractivity contribution in [1.82, 2.24) is 5.32 Å². The van der Waals surface area contributed by atoms with Crippen molar-refractivity contribution in [1.29, 1.82) is 0 Å². The monoisotopic (exact) mass is 417 g/mol. The van der Waals surface area contributed by atoms with Gasteiger partial charge in [-0.2, -0.15) is 0 Å². The second-order valence-corrected chi connectivity index (χ2v) is 7.47. The number of hydrogen-bond acceptors (Lipinski definition) is 5. The van der Waals surface area contributed by atoms with Gasteiger partial charge in [0, 0.05) is 17.7 Å². The standard InChI is InChI=1S/C16H14Cl3N3O4/c1-26-13-8-3-2-7-12(13)20-15(16(17,18)19)21-14(23)10-5-4-6-11(9-10)22(24)25/h2-9,15,20H,1H3,(H,21,23)/t15-/m0/s1. The lowest BCUT2D eigenvalue weighted by Crippen LogP contribution is -2.49. The van der Waals surface area contributed by atoms with Gasteiger partial charge >= 0.3 is 0 Å². The number of halogens is 3. The van der Waals surface area contributed by atoms with Gasteiger partial charge < -0.3 is 15.4 Å². The first-order valence-electron chi connectivity index (χ1n) is 7.24. The number of carbonyl (C=O) groups excluding carboxylic acids is 1. The van der Waals surface area contributed by atoms with Gasteiger partial charge in [-0.3, -0.25) is 14.9 Å². The molecule has 0 spiro atoms. The lowest BCUT2D eigenvalue weighted by atomic mass is 10.2. The summed E-state index contributed by atoms with van der Waals surface area (Å²) >= 11 is 17.9. The second kappa shape index (κ2) is 8.44. The van der Waals surface area contributed by atoms with E-state index in [0.29, 0.717) is 11.4 Å². The van der Waals surface area contributed by atoms with E-state index in [4.69, 9.17) is 39.5 Å². The van der Waals surface area contributed by atoms with Crippen LogP contribution in [0.1, 0.15) is 10.4 Å². The number of amides is 1. The van der Waals surface area contributed by atoms with E-state index in [0.717, 1.165) is 6.07 Å². The minimum Gasteiger partial charge on any atom is -0.495 e. The van der Waals surface area contributed by atoms with Gasteiger partial charge in [0.05, 0.1) is 17.7 Å². The molecule has 0 saturated heterocycles.